The summed E-state index contributed by atoms with van der Waals surface area (Å²) in [6, 6.07) is 0. The minimum absolute atomic E-state index is 0.0946. The van der Waals surface area contributed by atoms with Crippen molar-refractivity contribution in [3.8, 4) is 0 Å². The molecule has 60 valence electrons. The second-order valence-electron chi connectivity index (χ2n) is 2.94. The van der Waals surface area contributed by atoms with Crippen molar-refractivity contribution in [3.63, 3.8) is 0 Å². The van der Waals surface area contributed by atoms with Gasteiger partial charge in [0.15, 0.2) is 0 Å². The summed E-state index contributed by atoms with van der Waals surface area (Å²) in [7, 11) is 0. The molecule has 0 aromatic rings. The van der Waals surface area contributed by atoms with E-state index in [1.54, 1.807) is 0 Å². The predicted molar refractivity (Wildman–Crippen MR) is 40.1 cm³/mol. The Hall–Kier alpha value is 0.210. The molecular formula is C7H13ClO2. The lowest BCUT2D eigenvalue weighted by Gasteiger charge is -2.28. The van der Waals surface area contributed by atoms with Crippen LogP contribution in [-0.2, 0) is 0 Å². The molecule has 2 N–H and O–H groups in total. The first-order valence-corrected chi connectivity index (χ1v) is 4.10. The lowest BCUT2D eigenvalue weighted by atomic mass is 9.88. The summed E-state index contributed by atoms with van der Waals surface area (Å²) in [4.78, 5) is 0. The van der Waals surface area contributed by atoms with Crippen LogP contribution in [0.25, 0.3) is 0 Å². The maximum Gasteiger partial charge on any atom is 0.0707 e. The molecule has 1 fully saturated rings. The summed E-state index contributed by atoms with van der Waals surface area (Å²) in [6.45, 7) is 0.181. The van der Waals surface area contributed by atoms with Gasteiger partial charge in [-0.15, -0.1) is 11.6 Å². The van der Waals surface area contributed by atoms with Gasteiger partial charge >= 0.3 is 0 Å². The normalized spacial score (nSPS) is 41.7. The van der Waals surface area contributed by atoms with E-state index in [-0.39, 0.29) is 17.9 Å². The van der Waals surface area contributed by atoms with Gasteiger partial charge in [-0.1, -0.05) is 0 Å². The van der Waals surface area contributed by atoms with E-state index in [4.69, 9.17) is 16.7 Å². The monoisotopic (exact) mass is 164 g/mol. The van der Waals surface area contributed by atoms with E-state index in [1.165, 1.54) is 0 Å². The zero-order valence-corrected chi connectivity index (χ0v) is 6.59. The summed E-state index contributed by atoms with van der Waals surface area (Å²) in [6.07, 6.45) is 2.02. The van der Waals surface area contributed by atoms with E-state index in [0.717, 1.165) is 12.8 Å². The van der Waals surface area contributed by atoms with Crippen LogP contribution in [-0.4, -0.2) is 28.3 Å². The van der Waals surface area contributed by atoms with E-state index in [2.05, 4.69) is 0 Å². The summed E-state index contributed by atoms with van der Waals surface area (Å²) < 4.78 is 0. The van der Waals surface area contributed by atoms with E-state index in [1.807, 2.05) is 0 Å². The average molecular weight is 165 g/mol. The molecule has 0 amide bonds. The number of alkyl halides is 1. The van der Waals surface area contributed by atoms with Crippen molar-refractivity contribution < 1.29 is 10.2 Å². The number of aliphatic hydroxyl groups excluding tert-OH is 2. The van der Waals surface area contributed by atoms with Crippen LogP contribution in [0.5, 0.6) is 0 Å². The Labute approximate surface area is 65.8 Å². The number of hydrogen-bond donors (Lipinski definition) is 2. The molecule has 1 aliphatic carbocycles. The average Bonchev–Trinajstić information content (AvgIpc) is 1.95. The molecule has 0 heterocycles. The largest absolute Gasteiger partial charge is 0.396 e. The fourth-order valence-electron chi connectivity index (χ4n) is 1.36. The summed E-state index contributed by atoms with van der Waals surface area (Å²) in [5.41, 5.74) is 0. The van der Waals surface area contributed by atoms with Crippen LogP contribution in [0, 0.1) is 5.92 Å². The van der Waals surface area contributed by atoms with Gasteiger partial charge in [0.1, 0.15) is 0 Å². The highest BCUT2D eigenvalue weighted by molar-refractivity contribution is 6.21. The molecule has 0 spiro atoms. The lowest BCUT2D eigenvalue weighted by Crippen LogP contribution is -2.31. The van der Waals surface area contributed by atoms with Crippen molar-refractivity contribution in [3.05, 3.63) is 0 Å². The van der Waals surface area contributed by atoms with Crippen molar-refractivity contribution in [2.75, 3.05) is 6.61 Å². The van der Waals surface area contributed by atoms with Crippen LogP contribution in [0.2, 0.25) is 0 Å². The first-order valence-electron chi connectivity index (χ1n) is 3.67. The molecule has 2 nitrogen and oxygen atoms in total. The molecule has 0 aliphatic heterocycles. The third-order valence-corrected chi connectivity index (χ3v) is 2.61. The van der Waals surface area contributed by atoms with E-state index >= 15 is 0 Å². The highest BCUT2D eigenvalue weighted by atomic mass is 35.5. The third kappa shape index (κ3) is 1.84. The number of aliphatic hydroxyl groups is 2. The van der Waals surface area contributed by atoms with Gasteiger partial charge < -0.3 is 10.2 Å². The smallest absolute Gasteiger partial charge is 0.0707 e. The van der Waals surface area contributed by atoms with Gasteiger partial charge in [0.2, 0.25) is 0 Å². The van der Waals surface area contributed by atoms with Crippen LogP contribution < -0.4 is 0 Å². The highest BCUT2D eigenvalue weighted by Crippen LogP contribution is 2.27. The second kappa shape index (κ2) is 3.56. The minimum Gasteiger partial charge on any atom is -0.396 e. The highest BCUT2D eigenvalue weighted by Gasteiger charge is 2.26. The Balaban J connectivity index is 2.33. The lowest BCUT2D eigenvalue weighted by molar-refractivity contribution is 0.0791. The topological polar surface area (TPSA) is 40.5 Å². The van der Waals surface area contributed by atoms with Gasteiger partial charge in [-0.25, -0.2) is 0 Å². The van der Waals surface area contributed by atoms with Crippen LogP contribution >= 0.6 is 11.6 Å². The maximum absolute atomic E-state index is 9.24. The molecule has 1 saturated carbocycles. The van der Waals surface area contributed by atoms with Crippen molar-refractivity contribution >= 4 is 11.6 Å². The van der Waals surface area contributed by atoms with Gasteiger partial charge in [0.05, 0.1) is 11.5 Å². The van der Waals surface area contributed by atoms with E-state index < -0.39 is 6.10 Å². The molecule has 10 heavy (non-hydrogen) atoms. The van der Waals surface area contributed by atoms with Crippen LogP contribution in [0.4, 0.5) is 0 Å². The van der Waals surface area contributed by atoms with E-state index in [9.17, 15) is 5.11 Å². The Kier molecular flexibility index (Phi) is 2.96. The number of hydrogen-bond acceptors (Lipinski definition) is 2. The van der Waals surface area contributed by atoms with Gasteiger partial charge in [0, 0.05) is 6.61 Å². The van der Waals surface area contributed by atoms with E-state index in [0.29, 0.717) is 6.42 Å². The van der Waals surface area contributed by atoms with Gasteiger partial charge in [-0.2, -0.15) is 0 Å². The maximum atomic E-state index is 9.24. The molecule has 1 aliphatic rings. The Morgan fingerprint density at radius 2 is 2.10 bits per heavy atom. The van der Waals surface area contributed by atoms with Crippen molar-refractivity contribution in [2.45, 2.75) is 30.7 Å². The van der Waals surface area contributed by atoms with Crippen LogP contribution in [0.15, 0.2) is 0 Å². The van der Waals surface area contributed by atoms with Gasteiger partial charge in [-0.05, 0) is 25.2 Å². The third-order valence-electron chi connectivity index (χ3n) is 2.10. The molecular weight excluding hydrogens is 152 g/mol. The van der Waals surface area contributed by atoms with Crippen LogP contribution in [0.3, 0.4) is 0 Å². The predicted octanol–water partition coefficient (Wildman–Crippen LogP) is 0.747. The van der Waals surface area contributed by atoms with Crippen molar-refractivity contribution in [1.29, 1.82) is 0 Å². The first kappa shape index (κ1) is 8.31. The zero-order chi connectivity index (χ0) is 7.56. The molecule has 0 bridgehead atoms. The van der Waals surface area contributed by atoms with Gasteiger partial charge in [0.25, 0.3) is 0 Å². The SMILES string of the molecule is OC[C@H]1CC[C@@H](Cl)[C@H](O)C1. The molecule has 1 rings (SSSR count). The molecule has 3 heteroatoms. The summed E-state index contributed by atoms with van der Waals surface area (Å²) in [5.74, 6) is 0.269. The molecule has 3 atom stereocenters. The fraction of sp³-hybridized carbons (Fsp3) is 1.00. The second-order valence-corrected chi connectivity index (χ2v) is 3.51. The molecule has 0 aromatic heterocycles. The standard InChI is InChI=1S/C7H13ClO2/c8-6-2-1-5(4-9)3-7(6)10/h5-7,9-10H,1-4H2/t5-,6+,7+/m0/s1. The Morgan fingerprint density at radius 3 is 2.60 bits per heavy atom. The summed E-state index contributed by atoms with van der Waals surface area (Å²) >= 11 is 5.76. The molecule has 0 radical (unpaired) electrons. The van der Waals surface area contributed by atoms with Gasteiger partial charge in [-0.3, -0.25) is 0 Å². The fourth-order valence-corrected chi connectivity index (χ4v) is 1.59. The Bertz CT molecular complexity index is 108. The Morgan fingerprint density at radius 1 is 1.40 bits per heavy atom. The molecule has 0 aromatic carbocycles. The number of halogens is 1. The summed E-state index contributed by atoms with van der Waals surface area (Å²) in [5, 5.41) is 17.9. The quantitative estimate of drug-likeness (QED) is 0.562. The minimum atomic E-state index is -0.410. The number of rotatable bonds is 1. The molecule has 0 unspecified atom stereocenters. The van der Waals surface area contributed by atoms with Crippen LogP contribution in [0.1, 0.15) is 19.3 Å². The van der Waals surface area contributed by atoms with Crippen molar-refractivity contribution in [1.82, 2.24) is 0 Å². The molecule has 0 saturated heterocycles. The first-order chi connectivity index (χ1) is 4.74. The zero-order valence-electron chi connectivity index (χ0n) is 5.83. The van der Waals surface area contributed by atoms with Crippen molar-refractivity contribution in [2.24, 2.45) is 5.92 Å².